The molecule has 0 aliphatic heterocycles. The third-order valence-corrected chi connectivity index (χ3v) is 10.7. The summed E-state index contributed by atoms with van der Waals surface area (Å²) in [6.07, 6.45) is 0. The Balaban J connectivity index is 1.10. The number of benzene rings is 9. The average molecular weight is 715 g/mol. The maximum Gasteiger partial charge on any atom is 0.0547 e. The van der Waals surface area contributed by atoms with E-state index in [2.05, 4.69) is 240 Å². The van der Waals surface area contributed by atoms with Crippen molar-refractivity contribution in [3.8, 4) is 50.2 Å². The minimum Gasteiger partial charge on any atom is -0.310 e. The lowest BCUT2D eigenvalue weighted by Gasteiger charge is -2.27. The minimum absolute atomic E-state index is 1.09. The van der Waals surface area contributed by atoms with E-state index in [1.54, 1.807) is 0 Å². The third kappa shape index (κ3) is 6.14. The summed E-state index contributed by atoms with van der Waals surface area (Å²) in [5, 5.41) is 2.51. The molecule has 264 valence electrons. The summed E-state index contributed by atoms with van der Waals surface area (Å²) in [6, 6.07) is 83.0. The van der Waals surface area contributed by atoms with Crippen LogP contribution in [0, 0.1) is 0 Å². The number of hydrogen-bond acceptors (Lipinski definition) is 1. The summed E-state index contributed by atoms with van der Waals surface area (Å²) in [5.41, 5.74) is 16.4. The van der Waals surface area contributed by atoms with E-state index in [9.17, 15) is 0 Å². The van der Waals surface area contributed by atoms with Crippen LogP contribution in [-0.4, -0.2) is 4.57 Å². The van der Waals surface area contributed by atoms with Crippen molar-refractivity contribution in [3.05, 3.63) is 231 Å². The van der Waals surface area contributed by atoms with Gasteiger partial charge in [0.05, 0.1) is 11.0 Å². The highest BCUT2D eigenvalue weighted by Crippen LogP contribution is 2.42. The first-order valence-electron chi connectivity index (χ1n) is 19.2. The van der Waals surface area contributed by atoms with E-state index in [0.717, 1.165) is 28.3 Å². The third-order valence-electron chi connectivity index (χ3n) is 10.7. The Labute approximate surface area is 327 Å². The number of aromatic nitrogens is 1. The molecule has 0 aliphatic rings. The largest absolute Gasteiger partial charge is 0.310 e. The van der Waals surface area contributed by atoms with Gasteiger partial charge in [0.1, 0.15) is 0 Å². The fourth-order valence-electron chi connectivity index (χ4n) is 8.16. The number of hydrogen-bond donors (Lipinski definition) is 0. The van der Waals surface area contributed by atoms with E-state index in [1.807, 2.05) is 0 Å². The maximum atomic E-state index is 2.38. The number of nitrogens with zero attached hydrogens (tertiary/aromatic N) is 2. The van der Waals surface area contributed by atoms with Gasteiger partial charge in [-0.05, 0) is 111 Å². The van der Waals surface area contributed by atoms with Crippen molar-refractivity contribution in [2.24, 2.45) is 0 Å². The summed E-state index contributed by atoms with van der Waals surface area (Å²) in [5.74, 6) is 0. The predicted octanol–water partition coefficient (Wildman–Crippen LogP) is 14.9. The highest BCUT2D eigenvalue weighted by atomic mass is 15.1. The van der Waals surface area contributed by atoms with Crippen molar-refractivity contribution in [1.82, 2.24) is 4.57 Å². The van der Waals surface area contributed by atoms with Gasteiger partial charge in [0.25, 0.3) is 0 Å². The minimum atomic E-state index is 1.09. The van der Waals surface area contributed by atoms with Gasteiger partial charge < -0.3 is 9.47 Å². The van der Waals surface area contributed by atoms with E-state index < -0.39 is 0 Å². The molecule has 0 amide bonds. The molecule has 10 rings (SSSR count). The molecule has 0 radical (unpaired) electrons. The lowest BCUT2D eigenvalue weighted by molar-refractivity contribution is 1.18. The van der Waals surface area contributed by atoms with E-state index in [4.69, 9.17) is 0 Å². The Hall–Kier alpha value is -7.42. The van der Waals surface area contributed by atoms with Crippen molar-refractivity contribution in [2.45, 2.75) is 0 Å². The number of fused-ring (bicyclic) bond motifs is 3. The Morgan fingerprint density at radius 3 is 1.29 bits per heavy atom. The van der Waals surface area contributed by atoms with Crippen LogP contribution in [0.2, 0.25) is 0 Å². The fourth-order valence-corrected chi connectivity index (χ4v) is 8.16. The molecule has 0 saturated carbocycles. The van der Waals surface area contributed by atoms with Crippen molar-refractivity contribution in [2.75, 3.05) is 4.90 Å². The van der Waals surface area contributed by atoms with Gasteiger partial charge in [0.2, 0.25) is 0 Å². The van der Waals surface area contributed by atoms with Crippen molar-refractivity contribution >= 4 is 38.9 Å². The van der Waals surface area contributed by atoms with Crippen LogP contribution >= 0.6 is 0 Å². The molecule has 0 unspecified atom stereocenters. The fraction of sp³-hybridized carbons (Fsp3) is 0. The summed E-state index contributed by atoms with van der Waals surface area (Å²) < 4.78 is 2.38. The van der Waals surface area contributed by atoms with E-state index >= 15 is 0 Å². The first-order valence-corrected chi connectivity index (χ1v) is 19.2. The monoisotopic (exact) mass is 714 g/mol. The first kappa shape index (κ1) is 33.2. The van der Waals surface area contributed by atoms with Crippen LogP contribution in [0.3, 0.4) is 0 Å². The molecule has 0 spiro atoms. The normalized spacial score (nSPS) is 11.2. The summed E-state index contributed by atoms with van der Waals surface area (Å²) in [6.45, 7) is 0. The molecule has 9 aromatic carbocycles. The second kappa shape index (κ2) is 14.4. The zero-order valence-corrected chi connectivity index (χ0v) is 30.8. The summed E-state index contributed by atoms with van der Waals surface area (Å²) >= 11 is 0. The van der Waals surface area contributed by atoms with E-state index in [1.165, 1.54) is 60.8 Å². The number of anilines is 3. The van der Waals surface area contributed by atoms with Gasteiger partial charge >= 0.3 is 0 Å². The second-order valence-electron chi connectivity index (χ2n) is 14.2. The highest BCUT2D eigenvalue weighted by molar-refractivity contribution is 6.15. The van der Waals surface area contributed by atoms with Gasteiger partial charge in [0, 0.05) is 33.5 Å². The van der Waals surface area contributed by atoms with Gasteiger partial charge in [-0.25, -0.2) is 0 Å². The molecule has 0 saturated heterocycles. The molecular formula is C54H38N2. The maximum absolute atomic E-state index is 2.38. The van der Waals surface area contributed by atoms with Crippen molar-refractivity contribution in [3.63, 3.8) is 0 Å². The summed E-state index contributed by atoms with van der Waals surface area (Å²) in [4.78, 5) is 2.38. The molecule has 2 nitrogen and oxygen atoms in total. The molecule has 1 heterocycles. The lowest BCUT2D eigenvalue weighted by atomic mass is 9.95. The Morgan fingerprint density at radius 1 is 0.286 bits per heavy atom. The van der Waals surface area contributed by atoms with Crippen LogP contribution in [0.25, 0.3) is 72.0 Å². The van der Waals surface area contributed by atoms with Gasteiger partial charge in [-0.1, -0.05) is 164 Å². The van der Waals surface area contributed by atoms with Crippen molar-refractivity contribution < 1.29 is 0 Å². The van der Waals surface area contributed by atoms with Gasteiger partial charge in [-0.3, -0.25) is 0 Å². The molecule has 2 heteroatoms. The molecule has 1 aromatic heterocycles. The Kier molecular flexibility index (Phi) is 8.55. The Morgan fingerprint density at radius 2 is 0.696 bits per heavy atom. The highest BCUT2D eigenvalue weighted by Gasteiger charge is 2.18. The number of rotatable bonds is 8. The van der Waals surface area contributed by atoms with Gasteiger partial charge in [0.15, 0.2) is 0 Å². The van der Waals surface area contributed by atoms with Gasteiger partial charge in [-0.15, -0.1) is 0 Å². The second-order valence-corrected chi connectivity index (χ2v) is 14.2. The lowest BCUT2D eigenvalue weighted by Crippen LogP contribution is -2.10. The van der Waals surface area contributed by atoms with Crippen LogP contribution in [0.1, 0.15) is 0 Å². The molecular weight excluding hydrogens is 677 g/mol. The molecule has 0 atom stereocenters. The topological polar surface area (TPSA) is 8.17 Å². The molecule has 0 N–H and O–H groups in total. The quantitative estimate of drug-likeness (QED) is 0.152. The van der Waals surface area contributed by atoms with Crippen LogP contribution in [0.15, 0.2) is 231 Å². The van der Waals surface area contributed by atoms with Crippen LogP contribution in [0.4, 0.5) is 17.1 Å². The zero-order valence-electron chi connectivity index (χ0n) is 30.8. The number of para-hydroxylation sites is 2. The predicted molar refractivity (Wildman–Crippen MR) is 237 cm³/mol. The Bertz CT molecular complexity index is 2880. The smallest absolute Gasteiger partial charge is 0.0547 e. The zero-order chi connectivity index (χ0) is 37.3. The SMILES string of the molecule is c1ccc(-c2cccc(N(c3cccc(-c4ccccc4)c3)c3cccc(-c4cccc(-c5cccc6c5c5ccccc5n6-c5ccccc5)c4)c3)c2)cc1. The average Bonchev–Trinajstić information content (AvgIpc) is 3.62. The standard InChI is InChI=1S/C54H38N2/c1-4-17-39(18-5-1)42-22-13-28-47(36-42)55(48-29-14-23-43(37-48)40-19-6-2-7-20-40)49-30-15-24-44(38-49)41-21-12-25-45(35-41)50-32-16-34-53-54(50)51-31-10-11-33-52(51)56(53)46-26-8-3-9-27-46/h1-38H. The van der Waals surface area contributed by atoms with Crippen LogP contribution in [-0.2, 0) is 0 Å². The first-order chi connectivity index (χ1) is 27.8. The van der Waals surface area contributed by atoms with Crippen molar-refractivity contribution in [1.29, 1.82) is 0 Å². The van der Waals surface area contributed by atoms with Crippen LogP contribution < -0.4 is 4.90 Å². The van der Waals surface area contributed by atoms with E-state index in [0.29, 0.717) is 0 Å². The molecule has 0 bridgehead atoms. The molecule has 0 fully saturated rings. The molecule has 0 aliphatic carbocycles. The molecule has 10 aromatic rings. The van der Waals surface area contributed by atoms with Gasteiger partial charge in [-0.2, -0.15) is 0 Å². The van der Waals surface area contributed by atoms with E-state index in [-0.39, 0.29) is 0 Å². The summed E-state index contributed by atoms with van der Waals surface area (Å²) in [7, 11) is 0. The molecule has 56 heavy (non-hydrogen) atoms. The van der Waals surface area contributed by atoms with Crippen LogP contribution in [0.5, 0.6) is 0 Å².